The van der Waals surface area contributed by atoms with Gasteiger partial charge in [-0.1, -0.05) is 17.7 Å². The molecule has 7 heteroatoms. The second-order valence-corrected chi connectivity index (χ2v) is 6.53. The molecule has 1 saturated heterocycles. The molecular formula is C18H28N3O4+. The van der Waals surface area contributed by atoms with Gasteiger partial charge in [-0.3, -0.25) is 4.79 Å². The number of anilines is 1. The highest BCUT2D eigenvalue weighted by atomic mass is 16.5. The van der Waals surface area contributed by atoms with Crippen LogP contribution in [0.2, 0.25) is 0 Å². The van der Waals surface area contributed by atoms with E-state index in [1.165, 1.54) is 4.90 Å². The van der Waals surface area contributed by atoms with Crippen molar-refractivity contribution >= 4 is 17.6 Å². The molecule has 4 N–H and O–H groups in total. The third-order valence-electron chi connectivity index (χ3n) is 4.43. The number of morpholine rings is 1. The van der Waals surface area contributed by atoms with Crippen LogP contribution in [0.3, 0.4) is 0 Å². The van der Waals surface area contributed by atoms with Gasteiger partial charge >= 0.3 is 0 Å². The number of nitrogens with two attached hydrogens (primary N) is 1. The van der Waals surface area contributed by atoms with Crippen LogP contribution in [0.4, 0.5) is 5.69 Å². The molecule has 138 valence electrons. The van der Waals surface area contributed by atoms with Crippen LogP contribution in [0, 0.1) is 6.92 Å². The number of amides is 1. The van der Waals surface area contributed by atoms with Gasteiger partial charge in [-0.25, -0.2) is 0 Å². The van der Waals surface area contributed by atoms with Gasteiger partial charge < -0.3 is 30.2 Å². The third-order valence-corrected chi connectivity index (χ3v) is 4.43. The number of carbonyl (C=O) groups is 2. The van der Waals surface area contributed by atoms with E-state index in [2.05, 4.69) is 5.32 Å². The molecule has 1 amide bonds. The maximum absolute atomic E-state index is 12.1. The first-order valence-electron chi connectivity index (χ1n) is 8.86. The Kier molecular flexibility index (Phi) is 7.84. The average molecular weight is 350 g/mol. The SMILES string of the molecule is Cc1ccc(NC(=O)C[C@@H]([NH2+]CCC[NH+]2CCOCC2)C(=O)[O-])cc1. The van der Waals surface area contributed by atoms with Crippen LogP contribution < -0.4 is 20.6 Å². The number of hydrogen-bond acceptors (Lipinski definition) is 4. The number of benzene rings is 1. The Morgan fingerprint density at radius 3 is 2.60 bits per heavy atom. The fraction of sp³-hybridized carbons (Fsp3) is 0.556. The Balaban J connectivity index is 1.70. The van der Waals surface area contributed by atoms with Gasteiger partial charge in [0, 0.05) is 12.1 Å². The molecule has 0 aromatic heterocycles. The highest BCUT2D eigenvalue weighted by Crippen LogP contribution is 2.08. The van der Waals surface area contributed by atoms with Gasteiger partial charge in [0.05, 0.1) is 38.7 Å². The number of carboxylic acids is 1. The van der Waals surface area contributed by atoms with Gasteiger partial charge in [0.15, 0.2) is 0 Å². The van der Waals surface area contributed by atoms with Crippen molar-refractivity contribution in [3.05, 3.63) is 29.8 Å². The van der Waals surface area contributed by atoms with E-state index in [0.29, 0.717) is 12.2 Å². The molecule has 7 nitrogen and oxygen atoms in total. The predicted octanol–water partition coefficient (Wildman–Crippen LogP) is -2.69. The smallest absolute Gasteiger partial charge is 0.230 e. The summed E-state index contributed by atoms with van der Waals surface area (Å²) in [5, 5.41) is 15.7. The molecule has 2 rings (SSSR count). The largest absolute Gasteiger partial charge is 0.544 e. The van der Waals surface area contributed by atoms with Gasteiger partial charge in [0.2, 0.25) is 5.91 Å². The summed E-state index contributed by atoms with van der Waals surface area (Å²) in [4.78, 5) is 24.8. The number of rotatable bonds is 9. The Morgan fingerprint density at radius 2 is 1.96 bits per heavy atom. The molecule has 25 heavy (non-hydrogen) atoms. The average Bonchev–Trinajstić information content (AvgIpc) is 2.60. The fourth-order valence-corrected chi connectivity index (χ4v) is 2.89. The molecule has 0 aliphatic carbocycles. The van der Waals surface area contributed by atoms with E-state index in [1.54, 1.807) is 17.4 Å². The minimum absolute atomic E-state index is 0.0966. The first-order chi connectivity index (χ1) is 12.0. The van der Waals surface area contributed by atoms with Crippen LogP contribution >= 0.6 is 0 Å². The minimum Gasteiger partial charge on any atom is -0.544 e. The van der Waals surface area contributed by atoms with Gasteiger partial charge in [-0.05, 0) is 19.1 Å². The van der Waals surface area contributed by atoms with E-state index in [0.717, 1.165) is 44.8 Å². The minimum atomic E-state index is -1.20. The summed E-state index contributed by atoms with van der Waals surface area (Å²) in [5.41, 5.74) is 1.77. The molecule has 1 fully saturated rings. The number of aryl methyl sites for hydroxylation is 1. The van der Waals surface area contributed by atoms with Crippen molar-refractivity contribution in [3.8, 4) is 0 Å². The van der Waals surface area contributed by atoms with Crippen molar-refractivity contribution in [2.24, 2.45) is 0 Å². The molecule has 0 unspecified atom stereocenters. The topological polar surface area (TPSA) is 99.5 Å². The van der Waals surface area contributed by atoms with Gasteiger partial charge in [-0.15, -0.1) is 0 Å². The second kappa shape index (κ2) is 10.1. The van der Waals surface area contributed by atoms with Crippen molar-refractivity contribution in [3.63, 3.8) is 0 Å². The zero-order valence-corrected chi connectivity index (χ0v) is 14.8. The van der Waals surface area contributed by atoms with Crippen molar-refractivity contribution in [2.45, 2.75) is 25.8 Å². The molecule has 0 radical (unpaired) electrons. The molecule has 1 aliphatic heterocycles. The lowest BCUT2D eigenvalue weighted by atomic mass is 10.1. The molecule has 1 aromatic carbocycles. The van der Waals surface area contributed by atoms with Gasteiger partial charge in [0.1, 0.15) is 19.1 Å². The van der Waals surface area contributed by atoms with Crippen molar-refractivity contribution in [1.82, 2.24) is 0 Å². The highest BCUT2D eigenvalue weighted by Gasteiger charge is 2.19. The van der Waals surface area contributed by atoms with E-state index >= 15 is 0 Å². The van der Waals surface area contributed by atoms with E-state index in [1.807, 2.05) is 19.1 Å². The van der Waals surface area contributed by atoms with Crippen LogP contribution in [-0.4, -0.2) is 57.3 Å². The number of nitrogens with one attached hydrogen (secondary N) is 2. The first kappa shape index (κ1) is 19.4. The first-order valence-corrected chi connectivity index (χ1v) is 8.86. The van der Waals surface area contributed by atoms with E-state index in [9.17, 15) is 14.7 Å². The number of aliphatic carboxylic acids is 1. The molecule has 1 heterocycles. The summed E-state index contributed by atoms with van der Waals surface area (Å²) in [7, 11) is 0. The monoisotopic (exact) mass is 350 g/mol. The lowest BCUT2D eigenvalue weighted by molar-refractivity contribution is -0.909. The summed E-state index contributed by atoms with van der Waals surface area (Å²) < 4.78 is 5.32. The molecule has 0 bridgehead atoms. The molecule has 1 atom stereocenters. The van der Waals surface area contributed by atoms with E-state index < -0.39 is 12.0 Å². The zero-order valence-electron chi connectivity index (χ0n) is 14.8. The quantitative estimate of drug-likeness (QED) is 0.422. The number of carbonyl (C=O) groups excluding carboxylic acids is 2. The number of ether oxygens (including phenoxy) is 1. The Hall–Kier alpha value is -1.96. The summed E-state index contributed by atoms with van der Waals surface area (Å²) in [6, 6.07) is 6.54. The van der Waals surface area contributed by atoms with E-state index in [-0.39, 0.29) is 12.3 Å². The normalized spacial score (nSPS) is 16.4. The van der Waals surface area contributed by atoms with Crippen molar-refractivity contribution < 1.29 is 29.6 Å². The fourth-order valence-electron chi connectivity index (χ4n) is 2.89. The number of hydrogen-bond donors (Lipinski definition) is 3. The summed E-state index contributed by atoms with van der Waals surface area (Å²) >= 11 is 0. The van der Waals surface area contributed by atoms with Crippen molar-refractivity contribution in [1.29, 1.82) is 0 Å². The zero-order chi connectivity index (χ0) is 18.1. The van der Waals surface area contributed by atoms with Crippen LogP contribution in [0.25, 0.3) is 0 Å². The lowest BCUT2D eigenvalue weighted by Crippen LogP contribution is -3.14. The summed E-state index contributed by atoms with van der Waals surface area (Å²) in [5.74, 6) is -1.51. The third kappa shape index (κ3) is 7.21. The maximum Gasteiger partial charge on any atom is 0.230 e. The van der Waals surface area contributed by atoms with Gasteiger partial charge in [0.25, 0.3) is 0 Å². The molecule has 1 aromatic rings. The summed E-state index contributed by atoms with van der Waals surface area (Å²) in [6.07, 6.45) is 0.805. The molecule has 1 aliphatic rings. The Labute approximate surface area is 148 Å². The second-order valence-electron chi connectivity index (χ2n) is 6.53. The molecule has 0 spiro atoms. The number of quaternary nitrogens is 2. The van der Waals surface area contributed by atoms with Crippen molar-refractivity contribution in [2.75, 3.05) is 44.7 Å². The van der Waals surface area contributed by atoms with Crippen LogP contribution in [-0.2, 0) is 14.3 Å². The number of carboxylic acid groups (broad SMARTS) is 1. The van der Waals surface area contributed by atoms with Crippen LogP contribution in [0.1, 0.15) is 18.4 Å². The highest BCUT2D eigenvalue weighted by molar-refractivity contribution is 5.93. The lowest BCUT2D eigenvalue weighted by Gasteiger charge is -2.23. The summed E-state index contributed by atoms with van der Waals surface area (Å²) in [6.45, 7) is 7.22. The maximum atomic E-state index is 12.1. The van der Waals surface area contributed by atoms with Crippen LogP contribution in [0.15, 0.2) is 24.3 Å². The van der Waals surface area contributed by atoms with E-state index in [4.69, 9.17) is 4.74 Å². The molecular weight excluding hydrogens is 322 g/mol. The van der Waals surface area contributed by atoms with Crippen LogP contribution in [0.5, 0.6) is 0 Å². The van der Waals surface area contributed by atoms with Gasteiger partial charge in [-0.2, -0.15) is 0 Å². The Morgan fingerprint density at radius 1 is 1.28 bits per heavy atom. The molecule has 0 saturated carbocycles. The predicted molar refractivity (Wildman–Crippen MR) is 91.0 cm³/mol. The Bertz CT molecular complexity index is 556. The standard InChI is InChI=1S/C18H27N3O4/c1-14-3-5-15(6-4-14)20-17(22)13-16(18(23)24)19-7-2-8-21-9-11-25-12-10-21/h3-6,16,19H,2,7-13H2,1H3,(H,20,22)(H,23,24)/p+1/t16-/m1/s1.